The quantitative estimate of drug-likeness (QED) is 0.356. The fourth-order valence-electron chi connectivity index (χ4n) is 3.52. The van der Waals surface area contributed by atoms with Crippen LogP contribution in [-0.2, 0) is 0 Å². The molecule has 3 atom stereocenters. The minimum absolute atomic E-state index is 0.696. The number of thioether (sulfide) groups is 2. The van der Waals surface area contributed by atoms with Crippen molar-refractivity contribution >= 4 is 23.5 Å². The van der Waals surface area contributed by atoms with Gasteiger partial charge in [-0.3, -0.25) is 0 Å². The number of hydrogen-bond acceptors (Lipinski definition) is 3. The van der Waals surface area contributed by atoms with Crippen molar-refractivity contribution in [1.29, 1.82) is 0 Å². The van der Waals surface area contributed by atoms with Gasteiger partial charge in [0.25, 0.3) is 0 Å². The molecule has 3 rings (SSSR count). The summed E-state index contributed by atoms with van der Waals surface area (Å²) in [5, 5.41) is 10.7. The molecule has 0 spiro atoms. The van der Waals surface area contributed by atoms with Crippen LogP contribution in [0.2, 0.25) is 0 Å². The third-order valence-corrected chi connectivity index (χ3v) is 7.56. The second-order valence-corrected chi connectivity index (χ2v) is 9.60. The molecule has 154 valence electrons. The van der Waals surface area contributed by atoms with E-state index in [-0.39, 0.29) is 0 Å². The van der Waals surface area contributed by atoms with Crippen molar-refractivity contribution in [3.63, 3.8) is 0 Å². The number of nitrogens with one attached hydrogen (secondary N) is 1. The fourth-order valence-corrected chi connectivity index (χ4v) is 5.24. The molecule has 1 N–H and O–H groups in total. The van der Waals surface area contributed by atoms with Gasteiger partial charge in [0.05, 0.1) is 0 Å². The van der Waals surface area contributed by atoms with Gasteiger partial charge in [-0.15, -0.1) is 29.8 Å². The van der Waals surface area contributed by atoms with Crippen molar-refractivity contribution in [3.8, 4) is 0 Å². The first-order valence-corrected chi connectivity index (χ1v) is 12.1. The average molecular weight is 416 g/mol. The molecule has 0 aromatic rings. The zero-order chi connectivity index (χ0) is 20.8. The Hall–Kier alpha value is -1.08. The highest BCUT2D eigenvalue weighted by Gasteiger charge is 2.33. The molecule has 3 heteroatoms. The van der Waals surface area contributed by atoms with E-state index >= 15 is 0 Å². The van der Waals surface area contributed by atoms with Gasteiger partial charge in [0, 0.05) is 23.2 Å². The van der Waals surface area contributed by atoms with Crippen LogP contribution in [0.5, 0.6) is 0 Å². The Morgan fingerprint density at radius 1 is 1.25 bits per heavy atom. The smallest absolute Gasteiger partial charge is 0.0219 e. The molecular weight excluding hydrogens is 378 g/mol. The standard InChI is InChI=1S/C14H19NS.C8H14S.C3H4/c1-2-12-5-7-14(8-6-12)15-10-13-4-3-9-16-11-13;1-4-9-8-5-6(2)7(8)3;1-3-2/h2,4,9,11-12,14-15H,1,5-8,10H2;4,6-8H,1,5H2,2-3H3;1-2H2. The third kappa shape index (κ3) is 9.41. The van der Waals surface area contributed by atoms with Gasteiger partial charge in [-0.1, -0.05) is 51.4 Å². The van der Waals surface area contributed by atoms with Crippen LogP contribution in [0, 0.1) is 17.8 Å². The maximum Gasteiger partial charge on any atom is 0.0219 e. The lowest BCUT2D eigenvalue weighted by Gasteiger charge is -2.39. The topological polar surface area (TPSA) is 12.0 Å². The van der Waals surface area contributed by atoms with E-state index in [0.717, 1.165) is 29.5 Å². The summed E-state index contributed by atoms with van der Waals surface area (Å²) in [4.78, 5) is 0. The Bertz CT molecular complexity index is 598. The molecule has 1 nitrogen and oxygen atoms in total. The maximum atomic E-state index is 3.88. The Kier molecular flexibility index (Phi) is 13.2. The van der Waals surface area contributed by atoms with Gasteiger partial charge in [0.1, 0.15) is 0 Å². The van der Waals surface area contributed by atoms with Crippen LogP contribution in [0.4, 0.5) is 0 Å². The summed E-state index contributed by atoms with van der Waals surface area (Å²) in [5.41, 5.74) is 6.73. The van der Waals surface area contributed by atoms with E-state index in [1.807, 2.05) is 22.6 Å². The summed E-state index contributed by atoms with van der Waals surface area (Å²) in [7, 11) is 0. The summed E-state index contributed by atoms with van der Waals surface area (Å²) in [5.74, 6) is 2.61. The SMILES string of the molecule is C=C=C.C=CC1CCC(NCC2=CSC=C=C2)CC1.C=CSC1CC(C)C1C. The highest BCUT2D eigenvalue weighted by atomic mass is 32.2. The maximum absolute atomic E-state index is 3.88. The molecule has 0 bridgehead atoms. The summed E-state index contributed by atoms with van der Waals surface area (Å²) in [6.45, 7) is 19.5. The van der Waals surface area contributed by atoms with E-state index < -0.39 is 0 Å². The zero-order valence-electron chi connectivity index (χ0n) is 17.7. The Balaban J connectivity index is 0.000000276. The first-order chi connectivity index (χ1) is 13.5. The minimum Gasteiger partial charge on any atom is -0.310 e. The van der Waals surface area contributed by atoms with E-state index in [9.17, 15) is 0 Å². The van der Waals surface area contributed by atoms with Crippen molar-refractivity contribution in [1.82, 2.24) is 5.32 Å². The molecular formula is C25H37NS2. The molecule has 1 heterocycles. The molecule has 2 fully saturated rings. The largest absolute Gasteiger partial charge is 0.310 e. The van der Waals surface area contributed by atoms with E-state index in [1.165, 1.54) is 37.7 Å². The molecule has 0 amide bonds. The minimum atomic E-state index is 0.696. The van der Waals surface area contributed by atoms with Gasteiger partial charge in [-0.25, -0.2) is 0 Å². The summed E-state index contributed by atoms with van der Waals surface area (Å²) in [6.07, 6.45) is 10.7. The van der Waals surface area contributed by atoms with Crippen LogP contribution in [0.25, 0.3) is 0 Å². The fraction of sp³-hybridized carbons (Fsp3) is 0.520. The Morgan fingerprint density at radius 3 is 2.39 bits per heavy atom. The first-order valence-electron chi connectivity index (χ1n) is 10.2. The van der Waals surface area contributed by atoms with Crippen molar-refractivity contribution in [3.05, 3.63) is 71.7 Å². The lowest BCUT2D eigenvalue weighted by Crippen LogP contribution is -2.34. The molecule has 28 heavy (non-hydrogen) atoms. The number of allylic oxidation sites excluding steroid dienone is 1. The van der Waals surface area contributed by atoms with E-state index in [1.54, 1.807) is 11.8 Å². The van der Waals surface area contributed by atoms with Crippen LogP contribution in [0.1, 0.15) is 46.0 Å². The van der Waals surface area contributed by atoms with Gasteiger partial charge in [-0.05, 0) is 72.3 Å². The molecule has 3 aliphatic rings. The average Bonchev–Trinajstić information content (AvgIpc) is 2.74. The highest BCUT2D eigenvalue weighted by Crippen LogP contribution is 2.42. The van der Waals surface area contributed by atoms with Crippen molar-refractivity contribution in [2.75, 3.05) is 6.54 Å². The summed E-state index contributed by atoms with van der Waals surface area (Å²) in [6, 6.07) is 0.696. The predicted octanol–water partition coefficient (Wildman–Crippen LogP) is 7.49. The van der Waals surface area contributed by atoms with Gasteiger partial charge in [0.2, 0.25) is 0 Å². The zero-order valence-corrected chi connectivity index (χ0v) is 19.3. The lowest BCUT2D eigenvalue weighted by atomic mass is 9.76. The normalized spacial score (nSPS) is 30.2. The van der Waals surface area contributed by atoms with E-state index in [0.29, 0.717) is 6.04 Å². The second-order valence-electron chi connectivity index (χ2n) is 7.65. The van der Waals surface area contributed by atoms with Gasteiger partial charge in [-0.2, -0.15) is 0 Å². The molecule has 0 aromatic carbocycles. The van der Waals surface area contributed by atoms with Crippen molar-refractivity contribution < 1.29 is 0 Å². The summed E-state index contributed by atoms with van der Waals surface area (Å²) < 4.78 is 0. The van der Waals surface area contributed by atoms with Gasteiger partial charge in [0.15, 0.2) is 0 Å². The van der Waals surface area contributed by atoms with E-state index in [4.69, 9.17) is 0 Å². The Labute approximate surface area is 181 Å². The first kappa shape index (κ1) is 25.0. The van der Waals surface area contributed by atoms with Crippen LogP contribution < -0.4 is 5.32 Å². The van der Waals surface area contributed by atoms with Gasteiger partial charge < -0.3 is 5.32 Å². The van der Waals surface area contributed by atoms with Crippen LogP contribution in [0.3, 0.4) is 0 Å². The van der Waals surface area contributed by atoms with Crippen LogP contribution in [-0.4, -0.2) is 17.8 Å². The third-order valence-electron chi connectivity index (χ3n) is 5.68. The summed E-state index contributed by atoms with van der Waals surface area (Å²) >= 11 is 3.60. The second kappa shape index (κ2) is 14.9. The number of hydrogen-bond donors (Lipinski definition) is 1. The van der Waals surface area contributed by atoms with E-state index in [2.05, 4.69) is 74.5 Å². The monoisotopic (exact) mass is 415 g/mol. The molecule has 2 aliphatic carbocycles. The molecule has 1 aliphatic heterocycles. The van der Waals surface area contributed by atoms with Gasteiger partial charge >= 0.3 is 0 Å². The molecule has 0 radical (unpaired) electrons. The molecule has 2 saturated carbocycles. The number of rotatable bonds is 6. The molecule has 0 saturated heterocycles. The molecule has 0 aromatic heterocycles. The van der Waals surface area contributed by atoms with Crippen LogP contribution >= 0.6 is 23.5 Å². The molecule has 3 unspecified atom stereocenters. The Morgan fingerprint density at radius 2 is 1.93 bits per heavy atom. The van der Waals surface area contributed by atoms with Crippen molar-refractivity contribution in [2.24, 2.45) is 17.8 Å². The van der Waals surface area contributed by atoms with Crippen molar-refractivity contribution in [2.45, 2.75) is 57.2 Å². The highest BCUT2D eigenvalue weighted by molar-refractivity contribution is 8.05. The predicted molar refractivity (Wildman–Crippen MR) is 132 cm³/mol. The van der Waals surface area contributed by atoms with Crippen LogP contribution in [0.15, 0.2) is 71.7 Å². The lowest BCUT2D eigenvalue weighted by molar-refractivity contribution is 0.233.